The van der Waals surface area contributed by atoms with Gasteiger partial charge >= 0.3 is 0 Å². The van der Waals surface area contributed by atoms with Crippen LogP contribution in [0.4, 0.5) is 0 Å². The second-order valence-electron chi connectivity index (χ2n) is 2.77. The molecule has 13 heavy (non-hydrogen) atoms. The highest BCUT2D eigenvalue weighted by Gasteiger charge is 2.11. The molecule has 0 aliphatic rings. The van der Waals surface area contributed by atoms with E-state index in [0.717, 1.165) is 5.56 Å². The lowest BCUT2D eigenvalue weighted by Gasteiger charge is -2.12. The molecule has 0 aliphatic carbocycles. The van der Waals surface area contributed by atoms with Crippen molar-refractivity contribution in [3.63, 3.8) is 0 Å². The number of rotatable bonds is 3. The van der Waals surface area contributed by atoms with Crippen LogP contribution in [-0.2, 0) is 0 Å². The van der Waals surface area contributed by atoms with Gasteiger partial charge in [0.1, 0.15) is 0 Å². The first kappa shape index (κ1) is 10.6. The fourth-order valence-electron chi connectivity index (χ4n) is 1.16. The zero-order chi connectivity index (χ0) is 9.84. The Bertz CT molecular complexity index is 290. The Hall–Kier alpha value is -0.500. The van der Waals surface area contributed by atoms with Crippen LogP contribution in [0.5, 0.6) is 0 Å². The van der Waals surface area contributed by atoms with E-state index in [1.54, 1.807) is 24.3 Å². The topological polar surface area (TPSA) is 26.0 Å². The third kappa shape index (κ3) is 2.47. The van der Waals surface area contributed by atoms with Crippen molar-refractivity contribution >= 4 is 23.2 Å². The lowest BCUT2D eigenvalue weighted by atomic mass is 10.0. The van der Waals surface area contributed by atoms with Crippen LogP contribution in [0.1, 0.15) is 18.0 Å². The maximum absolute atomic E-state index is 5.96. The molecule has 0 bridgehead atoms. The van der Waals surface area contributed by atoms with Gasteiger partial charge in [-0.15, -0.1) is 6.58 Å². The molecule has 0 saturated carbocycles. The smallest absolute Gasteiger partial charge is 0.0468 e. The van der Waals surface area contributed by atoms with Gasteiger partial charge in [-0.2, -0.15) is 0 Å². The van der Waals surface area contributed by atoms with E-state index in [1.807, 2.05) is 0 Å². The summed E-state index contributed by atoms with van der Waals surface area (Å²) in [5.74, 6) is 0. The summed E-state index contributed by atoms with van der Waals surface area (Å²) >= 11 is 11.9. The lowest BCUT2D eigenvalue weighted by molar-refractivity contribution is 0.742. The number of benzene rings is 1. The predicted molar refractivity (Wildman–Crippen MR) is 58.2 cm³/mol. The van der Waals surface area contributed by atoms with Crippen LogP contribution < -0.4 is 5.73 Å². The van der Waals surface area contributed by atoms with Crippen LogP contribution in [-0.4, -0.2) is 0 Å². The average Bonchev–Trinajstić information content (AvgIpc) is 2.04. The van der Waals surface area contributed by atoms with E-state index in [-0.39, 0.29) is 6.04 Å². The number of hydrogen-bond acceptors (Lipinski definition) is 1. The van der Waals surface area contributed by atoms with E-state index in [0.29, 0.717) is 16.5 Å². The van der Waals surface area contributed by atoms with Crippen LogP contribution in [0.15, 0.2) is 30.9 Å². The molecule has 1 rings (SSSR count). The van der Waals surface area contributed by atoms with Gasteiger partial charge in [0.25, 0.3) is 0 Å². The predicted octanol–water partition coefficient (Wildman–Crippen LogP) is 3.57. The minimum absolute atomic E-state index is 0.168. The maximum Gasteiger partial charge on any atom is 0.0468 e. The molecule has 0 amide bonds. The highest BCUT2D eigenvalue weighted by atomic mass is 35.5. The molecule has 0 aromatic heterocycles. The molecular formula is C10H11Cl2N. The van der Waals surface area contributed by atoms with E-state index in [4.69, 9.17) is 28.9 Å². The fourth-order valence-corrected chi connectivity index (χ4v) is 1.84. The van der Waals surface area contributed by atoms with E-state index >= 15 is 0 Å². The van der Waals surface area contributed by atoms with Crippen molar-refractivity contribution in [3.05, 3.63) is 46.5 Å². The molecule has 3 heteroatoms. The Morgan fingerprint density at radius 2 is 1.92 bits per heavy atom. The van der Waals surface area contributed by atoms with Crippen LogP contribution in [0.3, 0.4) is 0 Å². The molecule has 1 unspecified atom stereocenters. The monoisotopic (exact) mass is 215 g/mol. The van der Waals surface area contributed by atoms with Crippen molar-refractivity contribution in [1.82, 2.24) is 0 Å². The van der Waals surface area contributed by atoms with Gasteiger partial charge in [0.15, 0.2) is 0 Å². The van der Waals surface area contributed by atoms with Gasteiger partial charge in [0, 0.05) is 21.7 Å². The normalized spacial score (nSPS) is 12.5. The molecule has 70 valence electrons. The standard InChI is InChI=1S/C10H11Cl2N/c1-2-4-9(13)10-7(11)5-3-6-8(10)12/h2-3,5-6,9H,1,4,13H2. The van der Waals surface area contributed by atoms with Gasteiger partial charge in [0.05, 0.1) is 0 Å². The minimum Gasteiger partial charge on any atom is -0.324 e. The highest BCUT2D eigenvalue weighted by Crippen LogP contribution is 2.30. The second-order valence-corrected chi connectivity index (χ2v) is 3.58. The SMILES string of the molecule is C=CCC(N)c1c(Cl)cccc1Cl. The summed E-state index contributed by atoms with van der Waals surface area (Å²) in [5.41, 5.74) is 6.66. The molecule has 1 aromatic rings. The van der Waals surface area contributed by atoms with Crippen LogP contribution in [0.2, 0.25) is 10.0 Å². The van der Waals surface area contributed by atoms with Crippen molar-refractivity contribution in [3.8, 4) is 0 Å². The zero-order valence-corrected chi connectivity index (χ0v) is 8.65. The van der Waals surface area contributed by atoms with Crippen molar-refractivity contribution in [2.75, 3.05) is 0 Å². The van der Waals surface area contributed by atoms with Crippen molar-refractivity contribution < 1.29 is 0 Å². The summed E-state index contributed by atoms with van der Waals surface area (Å²) in [6, 6.07) is 5.20. The Balaban J connectivity index is 3.04. The number of halogens is 2. The van der Waals surface area contributed by atoms with Crippen molar-refractivity contribution in [1.29, 1.82) is 0 Å². The number of hydrogen-bond donors (Lipinski definition) is 1. The summed E-state index contributed by atoms with van der Waals surface area (Å²) in [7, 11) is 0. The summed E-state index contributed by atoms with van der Waals surface area (Å²) < 4.78 is 0. The molecule has 1 aromatic carbocycles. The van der Waals surface area contributed by atoms with Gasteiger partial charge in [-0.3, -0.25) is 0 Å². The van der Waals surface area contributed by atoms with Gasteiger partial charge in [0.2, 0.25) is 0 Å². The van der Waals surface area contributed by atoms with Crippen molar-refractivity contribution in [2.45, 2.75) is 12.5 Å². The highest BCUT2D eigenvalue weighted by molar-refractivity contribution is 6.36. The first-order valence-electron chi connectivity index (χ1n) is 3.97. The Labute approximate surface area is 88.1 Å². The van der Waals surface area contributed by atoms with Crippen LogP contribution in [0, 0.1) is 0 Å². The van der Waals surface area contributed by atoms with E-state index < -0.39 is 0 Å². The molecular weight excluding hydrogens is 205 g/mol. The molecule has 0 aliphatic heterocycles. The molecule has 0 heterocycles. The molecule has 0 saturated heterocycles. The molecule has 1 atom stereocenters. The fraction of sp³-hybridized carbons (Fsp3) is 0.200. The summed E-state index contributed by atoms with van der Waals surface area (Å²) in [6.45, 7) is 3.62. The first-order chi connectivity index (χ1) is 6.16. The maximum atomic E-state index is 5.96. The lowest BCUT2D eigenvalue weighted by Crippen LogP contribution is -2.10. The third-order valence-corrected chi connectivity index (χ3v) is 2.45. The first-order valence-corrected chi connectivity index (χ1v) is 4.72. The van der Waals surface area contributed by atoms with Crippen LogP contribution in [0.25, 0.3) is 0 Å². The average molecular weight is 216 g/mol. The second kappa shape index (κ2) is 4.66. The zero-order valence-electron chi connectivity index (χ0n) is 7.13. The van der Waals surface area contributed by atoms with Gasteiger partial charge in [-0.1, -0.05) is 35.3 Å². The van der Waals surface area contributed by atoms with Gasteiger partial charge in [-0.25, -0.2) is 0 Å². The number of nitrogens with two attached hydrogens (primary N) is 1. The summed E-state index contributed by atoms with van der Waals surface area (Å²) in [4.78, 5) is 0. The Morgan fingerprint density at radius 1 is 1.38 bits per heavy atom. The van der Waals surface area contributed by atoms with Gasteiger partial charge < -0.3 is 5.73 Å². The summed E-state index contributed by atoms with van der Waals surface area (Å²) in [6.07, 6.45) is 2.42. The van der Waals surface area contributed by atoms with Gasteiger partial charge in [-0.05, 0) is 18.6 Å². The molecule has 0 radical (unpaired) electrons. The van der Waals surface area contributed by atoms with E-state index in [2.05, 4.69) is 6.58 Å². The van der Waals surface area contributed by atoms with E-state index in [1.165, 1.54) is 0 Å². The molecule has 1 nitrogen and oxygen atoms in total. The van der Waals surface area contributed by atoms with E-state index in [9.17, 15) is 0 Å². The summed E-state index contributed by atoms with van der Waals surface area (Å²) in [5, 5.41) is 1.23. The van der Waals surface area contributed by atoms with Crippen LogP contribution >= 0.6 is 23.2 Å². The molecule has 2 N–H and O–H groups in total. The largest absolute Gasteiger partial charge is 0.324 e. The quantitative estimate of drug-likeness (QED) is 0.768. The Morgan fingerprint density at radius 3 is 2.38 bits per heavy atom. The molecule has 0 fully saturated rings. The molecule has 0 spiro atoms. The van der Waals surface area contributed by atoms with Crippen molar-refractivity contribution in [2.24, 2.45) is 5.73 Å². The third-order valence-electron chi connectivity index (χ3n) is 1.79. The Kier molecular flexibility index (Phi) is 3.79. The minimum atomic E-state index is -0.168.